The number of ether oxygens (including phenoxy) is 1. The summed E-state index contributed by atoms with van der Waals surface area (Å²) < 4.78 is 41.8. The molecule has 21 heavy (non-hydrogen) atoms. The maximum absolute atomic E-state index is 12.2. The van der Waals surface area contributed by atoms with Crippen LogP contribution in [-0.2, 0) is 14.3 Å². The minimum Gasteiger partial charge on any atom is -0.480 e. The molecule has 0 aromatic rings. The van der Waals surface area contributed by atoms with E-state index >= 15 is 0 Å². The van der Waals surface area contributed by atoms with Gasteiger partial charge in [0.25, 0.3) is 0 Å². The van der Waals surface area contributed by atoms with Gasteiger partial charge < -0.3 is 15.2 Å². The van der Waals surface area contributed by atoms with Crippen molar-refractivity contribution in [3.8, 4) is 0 Å². The Bertz CT molecular complexity index is 345. The fourth-order valence-electron chi connectivity index (χ4n) is 1.78. The quantitative estimate of drug-likeness (QED) is 0.685. The molecule has 0 aromatic carbocycles. The van der Waals surface area contributed by atoms with Crippen LogP contribution in [0.15, 0.2) is 0 Å². The number of carbonyl (C=O) groups excluding carboxylic acids is 1. The van der Waals surface area contributed by atoms with Gasteiger partial charge in [-0.25, -0.2) is 4.79 Å². The van der Waals surface area contributed by atoms with E-state index < -0.39 is 30.5 Å². The summed E-state index contributed by atoms with van der Waals surface area (Å²) in [6, 6.07) is -1.97. The third-order valence-corrected chi connectivity index (χ3v) is 2.60. The molecule has 0 radical (unpaired) electrons. The number of rotatable bonds is 9. The molecule has 2 atom stereocenters. The van der Waals surface area contributed by atoms with Crippen molar-refractivity contribution < 1.29 is 32.6 Å². The van der Waals surface area contributed by atoms with Crippen LogP contribution < -0.4 is 5.32 Å². The SMILES string of the molecule is CC(C)CC(C)OCCC(=O)NC(CC(F)(F)F)C(=O)O. The first-order valence-corrected chi connectivity index (χ1v) is 6.71. The molecule has 0 aliphatic heterocycles. The molecular formula is C13H22F3NO4. The molecule has 1 amide bonds. The molecule has 2 N–H and O–H groups in total. The lowest BCUT2D eigenvalue weighted by Gasteiger charge is -2.17. The highest BCUT2D eigenvalue weighted by atomic mass is 19.4. The van der Waals surface area contributed by atoms with Gasteiger partial charge in [-0.1, -0.05) is 13.8 Å². The fourth-order valence-corrected chi connectivity index (χ4v) is 1.78. The Labute approximate surface area is 121 Å². The zero-order valence-electron chi connectivity index (χ0n) is 12.4. The molecule has 2 unspecified atom stereocenters. The molecule has 0 aromatic heterocycles. The highest BCUT2D eigenvalue weighted by molar-refractivity contribution is 5.83. The zero-order valence-corrected chi connectivity index (χ0v) is 12.4. The molecule has 124 valence electrons. The van der Waals surface area contributed by atoms with Crippen LogP contribution in [0.25, 0.3) is 0 Å². The molecule has 8 heteroatoms. The highest BCUT2D eigenvalue weighted by Crippen LogP contribution is 2.21. The van der Waals surface area contributed by atoms with Crippen LogP contribution in [0.1, 0.15) is 40.0 Å². The Kier molecular flexibility index (Phi) is 8.31. The van der Waals surface area contributed by atoms with Crippen molar-refractivity contribution in [1.82, 2.24) is 5.32 Å². The average Bonchev–Trinajstić information content (AvgIpc) is 2.24. The second-order valence-corrected chi connectivity index (χ2v) is 5.34. The second-order valence-electron chi connectivity index (χ2n) is 5.34. The van der Waals surface area contributed by atoms with E-state index in [2.05, 4.69) is 0 Å². The Morgan fingerprint density at radius 3 is 2.24 bits per heavy atom. The van der Waals surface area contributed by atoms with Crippen LogP contribution >= 0.6 is 0 Å². The number of carbonyl (C=O) groups is 2. The highest BCUT2D eigenvalue weighted by Gasteiger charge is 2.36. The summed E-state index contributed by atoms with van der Waals surface area (Å²) in [4.78, 5) is 22.1. The maximum Gasteiger partial charge on any atom is 0.391 e. The van der Waals surface area contributed by atoms with Crippen LogP contribution in [0, 0.1) is 5.92 Å². The van der Waals surface area contributed by atoms with Crippen LogP contribution in [0.3, 0.4) is 0 Å². The van der Waals surface area contributed by atoms with E-state index in [1.807, 2.05) is 26.1 Å². The van der Waals surface area contributed by atoms with E-state index in [1.165, 1.54) is 0 Å². The molecule has 0 fully saturated rings. The normalized spacial score (nSPS) is 14.8. The number of nitrogens with one attached hydrogen (secondary N) is 1. The van der Waals surface area contributed by atoms with Crippen LogP contribution in [0.5, 0.6) is 0 Å². The van der Waals surface area contributed by atoms with Gasteiger partial charge in [0.05, 0.1) is 19.1 Å². The predicted octanol–water partition coefficient (Wildman–Crippen LogP) is 2.35. The molecule has 0 heterocycles. The van der Waals surface area contributed by atoms with Gasteiger partial charge in [0.1, 0.15) is 6.04 Å². The van der Waals surface area contributed by atoms with Crippen LogP contribution in [-0.4, -0.2) is 41.9 Å². The molecule has 0 aliphatic carbocycles. The third-order valence-electron chi connectivity index (χ3n) is 2.60. The monoisotopic (exact) mass is 313 g/mol. The standard InChI is InChI=1S/C13H22F3NO4/c1-8(2)6-9(3)21-5-4-11(18)17-10(12(19)20)7-13(14,15)16/h8-10H,4-7H2,1-3H3,(H,17,18)(H,19,20). The lowest BCUT2D eigenvalue weighted by Crippen LogP contribution is -2.43. The zero-order chi connectivity index (χ0) is 16.6. The molecule has 0 saturated carbocycles. The molecule has 0 bridgehead atoms. The topological polar surface area (TPSA) is 75.6 Å². The summed E-state index contributed by atoms with van der Waals surface area (Å²) in [6.07, 6.45) is -5.70. The van der Waals surface area contributed by atoms with Gasteiger partial charge in [0.15, 0.2) is 0 Å². The minimum atomic E-state index is -4.65. The second kappa shape index (κ2) is 8.86. The average molecular weight is 313 g/mol. The smallest absolute Gasteiger partial charge is 0.391 e. The van der Waals surface area contributed by atoms with Gasteiger partial charge in [-0.15, -0.1) is 0 Å². The number of carboxylic acid groups (broad SMARTS) is 1. The van der Waals surface area contributed by atoms with E-state index in [1.54, 1.807) is 0 Å². The van der Waals surface area contributed by atoms with E-state index in [9.17, 15) is 22.8 Å². The van der Waals surface area contributed by atoms with Crippen molar-refractivity contribution in [3.05, 3.63) is 0 Å². The van der Waals surface area contributed by atoms with Crippen molar-refractivity contribution in [2.45, 2.75) is 58.4 Å². The first-order valence-electron chi connectivity index (χ1n) is 6.71. The van der Waals surface area contributed by atoms with Crippen molar-refractivity contribution in [1.29, 1.82) is 0 Å². The van der Waals surface area contributed by atoms with Gasteiger partial charge in [-0.2, -0.15) is 13.2 Å². The number of halogens is 3. The number of amides is 1. The van der Waals surface area contributed by atoms with Gasteiger partial charge >= 0.3 is 12.1 Å². The Hall–Kier alpha value is -1.31. The number of aliphatic carboxylic acids is 1. The number of hydrogen-bond acceptors (Lipinski definition) is 3. The summed E-state index contributed by atoms with van der Waals surface area (Å²) in [5.41, 5.74) is 0. The van der Waals surface area contributed by atoms with Crippen molar-refractivity contribution in [2.24, 2.45) is 5.92 Å². The van der Waals surface area contributed by atoms with Gasteiger partial charge in [0.2, 0.25) is 5.91 Å². The molecular weight excluding hydrogens is 291 g/mol. The van der Waals surface area contributed by atoms with Crippen molar-refractivity contribution in [3.63, 3.8) is 0 Å². The Morgan fingerprint density at radius 2 is 1.81 bits per heavy atom. The van der Waals surface area contributed by atoms with E-state index in [-0.39, 0.29) is 19.1 Å². The van der Waals surface area contributed by atoms with Crippen LogP contribution in [0.4, 0.5) is 13.2 Å². The molecule has 0 saturated heterocycles. The van der Waals surface area contributed by atoms with E-state index in [4.69, 9.17) is 9.84 Å². The van der Waals surface area contributed by atoms with Gasteiger partial charge in [-0.05, 0) is 19.3 Å². The molecule has 0 aliphatic rings. The minimum absolute atomic E-state index is 0.0398. The largest absolute Gasteiger partial charge is 0.480 e. The third kappa shape index (κ3) is 11.1. The van der Waals surface area contributed by atoms with Crippen molar-refractivity contribution >= 4 is 11.9 Å². The number of hydrogen-bond donors (Lipinski definition) is 2. The summed E-state index contributed by atoms with van der Waals surface area (Å²) >= 11 is 0. The van der Waals surface area contributed by atoms with Crippen LogP contribution in [0.2, 0.25) is 0 Å². The molecule has 0 spiro atoms. The Balaban J connectivity index is 4.13. The maximum atomic E-state index is 12.2. The van der Waals surface area contributed by atoms with Crippen molar-refractivity contribution in [2.75, 3.05) is 6.61 Å². The first kappa shape index (κ1) is 19.7. The molecule has 0 rings (SSSR count). The van der Waals surface area contributed by atoms with Gasteiger partial charge in [0, 0.05) is 6.42 Å². The summed E-state index contributed by atoms with van der Waals surface area (Å²) in [5, 5.41) is 10.5. The van der Waals surface area contributed by atoms with E-state index in [0.29, 0.717) is 5.92 Å². The van der Waals surface area contributed by atoms with E-state index in [0.717, 1.165) is 6.42 Å². The van der Waals surface area contributed by atoms with Gasteiger partial charge in [-0.3, -0.25) is 4.79 Å². The predicted molar refractivity (Wildman–Crippen MR) is 69.7 cm³/mol. The summed E-state index contributed by atoms with van der Waals surface area (Å²) in [5.74, 6) is -2.06. The Morgan fingerprint density at radius 1 is 1.24 bits per heavy atom. The molecule has 5 nitrogen and oxygen atoms in total. The first-order chi connectivity index (χ1) is 9.51. The summed E-state index contributed by atoms with van der Waals surface area (Å²) in [7, 11) is 0. The lowest BCUT2D eigenvalue weighted by molar-refractivity contribution is -0.160. The summed E-state index contributed by atoms with van der Waals surface area (Å²) in [6.45, 7) is 5.90. The lowest BCUT2D eigenvalue weighted by atomic mass is 10.1. The fraction of sp³-hybridized carbons (Fsp3) is 0.846. The number of alkyl halides is 3. The number of carboxylic acids is 1.